The van der Waals surface area contributed by atoms with E-state index in [0.29, 0.717) is 25.7 Å². The molecule has 0 bridgehead atoms. The van der Waals surface area contributed by atoms with Gasteiger partial charge in [-0.25, -0.2) is 4.39 Å². The Balaban J connectivity index is 1.83. The highest BCUT2D eigenvalue weighted by molar-refractivity contribution is 5.88. The number of hydrogen-bond acceptors (Lipinski definition) is 2. The molecule has 2 aliphatic carbocycles. The third kappa shape index (κ3) is 8.87. The van der Waals surface area contributed by atoms with Gasteiger partial charge >= 0.3 is 0 Å². The van der Waals surface area contributed by atoms with Gasteiger partial charge < -0.3 is 0 Å². The van der Waals surface area contributed by atoms with Crippen LogP contribution in [0.25, 0.3) is 0 Å². The number of hydrogen-bond donors (Lipinski definition) is 0. The second-order valence-corrected chi connectivity index (χ2v) is 9.45. The summed E-state index contributed by atoms with van der Waals surface area (Å²) in [6.07, 6.45) is 17.2. The van der Waals surface area contributed by atoms with Crippen molar-refractivity contribution in [2.45, 2.75) is 128 Å². The van der Waals surface area contributed by atoms with Crippen LogP contribution in [0.4, 0.5) is 4.39 Å². The Labute approximate surface area is 166 Å². The average molecular weight is 381 g/mol. The SMILES string of the molecule is CC1(F)CCCCCCC(C(=O)CCC(=O)C2CCCCCCCCC2)C1. The Bertz CT molecular complexity index is 447. The van der Waals surface area contributed by atoms with Crippen molar-refractivity contribution >= 4 is 11.6 Å². The molecule has 0 amide bonds. The largest absolute Gasteiger partial charge is 0.299 e. The smallest absolute Gasteiger partial charge is 0.136 e. The van der Waals surface area contributed by atoms with Crippen LogP contribution in [0.5, 0.6) is 0 Å². The molecule has 27 heavy (non-hydrogen) atoms. The Morgan fingerprint density at radius 1 is 0.704 bits per heavy atom. The lowest BCUT2D eigenvalue weighted by molar-refractivity contribution is -0.129. The van der Waals surface area contributed by atoms with Gasteiger partial charge in [0.25, 0.3) is 0 Å². The lowest BCUT2D eigenvalue weighted by Crippen LogP contribution is -2.27. The summed E-state index contributed by atoms with van der Waals surface area (Å²) < 4.78 is 14.7. The molecule has 3 heteroatoms. The van der Waals surface area contributed by atoms with Gasteiger partial charge in [0, 0.05) is 24.7 Å². The van der Waals surface area contributed by atoms with E-state index < -0.39 is 5.67 Å². The first-order valence-electron chi connectivity index (χ1n) is 11.7. The number of rotatable bonds is 5. The molecule has 156 valence electrons. The molecule has 2 saturated carbocycles. The topological polar surface area (TPSA) is 34.1 Å². The summed E-state index contributed by atoms with van der Waals surface area (Å²) in [5.41, 5.74) is -1.23. The van der Waals surface area contributed by atoms with Crippen LogP contribution < -0.4 is 0 Å². The van der Waals surface area contributed by atoms with Crippen molar-refractivity contribution in [2.24, 2.45) is 11.8 Å². The van der Waals surface area contributed by atoms with E-state index in [1.165, 1.54) is 32.1 Å². The van der Waals surface area contributed by atoms with Gasteiger partial charge in [-0.05, 0) is 39.0 Å². The molecule has 0 saturated heterocycles. The second-order valence-electron chi connectivity index (χ2n) is 9.45. The van der Waals surface area contributed by atoms with Crippen LogP contribution in [0.15, 0.2) is 0 Å². The zero-order valence-electron chi connectivity index (χ0n) is 17.6. The lowest BCUT2D eigenvalue weighted by atomic mass is 9.83. The summed E-state index contributed by atoms with van der Waals surface area (Å²) >= 11 is 0. The zero-order valence-corrected chi connectivity index (χ0v) is 17.6. The molecule has 2 unspecified atom stereocenters. The van der Waals surface area contributed by atoms with Crippen molar-refractivity contribution in [2.75, 3.05) is 0 Å². The van der Waals surface area contributed by atoms with E-state index >= 15 is 0 Å². The number of carbonyl (C=O) groups is 2. The molecule has 2 nitrogen and oxygen atoms in total. The molecule has 0 N–H and O–H groups in total. The van der Waals surface area contributed by atoms with Crippen molar-refractivity contribution in [1.29, 1.82) is 0 Å². The maximum atomic E-state index is 14.7. The van der Waals surface area contributed by atoms with E-state index in [2.05, 4.69) is 0 Å². The van der Waals surface area contributed by atoms with Gasteiger partial charge in [-0.1, -0.05) is 70.6 Å². The third-order valence-corrected chi connectivity index (χ3v) is 6.81. The molecule has 2 rings (SSSR count). The quantitative estimate of drug-likeness (QED) is 0.508. The molecule has 2 fully saturated rings. The number of alkyl halides is 1. The summed E-state index contributed by atoms with van der Waals surface area (Å²) in [5.74, 6) is 0.391. The van der Waals surface area contributed by atoms with Gasteiger partial charge in [0.05, 0.1) is 0 Å². The molecule has 2 aliphatic rings. The van der Waals surface area contributed by atoms with E-state index in [1.54, 1.807) is 6.92 Å². The summed E-state index contributed by atoms with van der Waals surface area (Å²) in [4.78, 5) is 25.5. The number of Topliss-reactive ketones (excluding diaryl/α,β-unsaturated/α-hetero) is 2. The average Bonchev–Trinajstić information content (AvgIpc) is 2.73. The monoisotopic (exact) mass is 380 g/mol. The van der Waals surface area contributed by atoms with Crippen LogP contribution in [0.2, 0.25) is 0 Å². The van der Waals surface area contributed by atoms with Crippen LogP contribution in [-0.2, 0) is 9.59 Å². The fourth-order valence-electron chi connectivity index (χ4n) is 5.02. The van der Waals surface area contributed by atoms with Crippen LogP contribution in [0, 0.1) is 11.8 Å². The first-order valence-corrected chi connectivity index (χ1v) is 11.7. The van der Waals surface area contributed by atoms with E-state index in [4.69, 9.17) is 0 Å². The maximum Gasteiger partial charge on any atom is 0.136 e. The van der Waals surface area contributed by atoms with Crippen LogP contribution in [0.3, 0.4) is 0 Å². The van der Waals surface area contributed by atoms with Crippen LogP contribution >= 0.6 is 0 Å². The maximum absolute atomic E-state index is 14.7. The predicted molar refractivity (Wildman–Crippen MR) is 110 cm³/mol. The van der Waals surface area contributed by atoms with Crippen LogP contribution in [-0.4, -0.2) is 17.2 Å². The van der Waals surface area contributed by atoms with Gasteiger partial charge in [-0.3, -0.25) is 9.59 Å². The van der Waals surface area contributed by atoms with E-state index in [0.717, 1.165) is 57.8 Å². The second kappa shape index (κ2) is 12.0. The fourth-order valence-corrected chi connectivity index (χ4v) is 5.02. The Morgan fingerprint density at radius 2 is 1.11 bits per heavy atom. The number of halogens is 1. The molecule has 2 atom stereocenters. The van der Waals surface area contributed by atoms with Crippen molar-refractivity contribution in [3.05, 3.63) is 0 Å². The Morgan fingerprint density at radius 3 is 1.67 bits per heavy atom. The lowest BCUT2D eigenvalue weighted by Gasteiger charge is -2.25. The zero-order chi connectivity index (χ0) is 19.5. The Hall–Kier alpha value is -0.730. The minimum Gasteiger partial charge on any atom is -0.299 e. The fraction of sp³-hybridized carbons (Fsp3) is 0.917. The van der Waals surface area contributed by atoms with Gasteiger partial charge in [0.15, 0.2) is 0 Å². The van der Waals surface area contributed by atoms with Gasteiger partial charge in [-0.15, -0.1) is 0 Å². The van der Waals surface area contributed by atoms with Gasteiger partial charge in [0.1, 0.15) is 17.2 Å². The molecular formula is C24H41FO2. The summed E-state index contributed by atoms with van der Waals surface area (Å²) in [5, 5.41) is 0. The molecule has 0 heterocycles. The molecule has 0 spiro atoms. The van der Waals surface area contributed by atoms with E-state index in [-0.39, 0.29) is 23.4 Å². The third-order valence-electron chi connectivity index (χ3n) is 6.81. The summed E-state index contributed by atoms with van der Waals surface area (Å²) in [6, 6.07) is 0. The molecule has 0 aliphatic heterocycles. The Kier molecular flexibility index (Phi) is 10.00. The van der Waals surface area contributed by atoms with Crippen molar-refractivity contribution in [3.63, 3.8) is 0 Å². The predicted octanol–water partition coefficient (Wildman–Crippen LogP) is 7.13. The van der Waals surface area contributed by atoms with Crippen LogP contribution in [0.1, 0.15) is 122 Å². The highest BCUT2D eigenvalue weighted by atomic mass is 19.1. The van der Waals surface area contributed by atoms with E-state index in [9.17, 15) is 14.0 Å². The standard InChI is InChI=1S/C24H41FO2/c1-24(25)18-12-8-7-11-15-21(19-24)23(27)17-16-22(26)20-13-9-5-3-2-4-6-10-14-20/h20-21H,2-19H2,1H3. The molecule has 0 aromatic carbocycles. The first-order chi connectivity index (χ1) is 13.0. The van der Waals surface area contributed by atoms with Gasteiger partial charge in [-0.2, -0.15) is 0 Å². The summed E-state index contributed by atoms with van der Waals surface area (Å²) in [6.45, 7) is 1.66. The number of carbonyl (C=O) groups excluding carboxylic acids is 2. The molecule has 0 aromatic heterocycles. The highest BCUT2D eigenvalue weighted by Crippen LogP contribution is 2.33. The van der Waals surface area contributed by atoms with Crippen molar-refractivity contribution < 1.29 is 14.0 Å². The summed E-state index contributed by atoms with van der Waals surface area (Å²) in [7, 11) is 0. The van der Waals surface area contributed by atoms with Gasteiger partial charge in [0.2, 0.25) is 0 Å². The minimum absolute atomic E-state index is 0.133. The van der Waals surface area contributed by atoms with Crippen molar-refractivity contribution in [3.8, 4) is 0 Å². The molecular weight excluding hydrogens is 339 g/mol. The van der Waals surface area contributed by atoms with E-state index in [1.807, 2.05) is 0 Å². The molecule has 0 aromatic rings. The number of ketones is 2. The molecule has 0 radical (unpaired) electrons. The highest BCUT2D eigenvalue weighted by Gasteiger charge is 2.32. The first kappa shape index (κ1) is 22.6. The normalized spacial score (nSPS) is 29.9. The minimum atomic E-state index is -1.23. The van der Waals surface area contributed by atoms with Crippen molar-refractivity contribution in [1.82, 2.24) is 0 Å².